The Bertz CT molecular complexity index is 547. The van der Waals surface area contributed by atoms with Crippen molar-refractivity contribution < 1.29 is 9.53 Å². The predicted molar refractivity (Wildman–Crippen MR) is 93.8 cm³/mol. The third-order valence-electron chi connectivity index (χ3n) is 4.44. The highest BCUT2D eigenvalue weighted by molar-refractivity contribution is 5.94. The van der Waals surface area contributed by atoms with Crippen LogP contribution >= 0.6 is 0 Å². The molecule has 1 N–H and O–H groups in total. The number of rotatable bonds is 5. The van der Waals surface area contributed by atoms with Gasteiger partial charge in [0.15, 0.2) is 0 Å². The highest BCUT2D eigenvalue weighted by Gasteiger charge is 2.46. The Morgan fingerprint density at radius 3 is 2.30 bits per heavy atom. The van der Waals surface area contributed by atoms with E-state index in [1.54, 1.807) is 0 Å². The number of nitrogens with one attached hydrogen (secondary N) is 1. The van der Waals surface area contributed by atoms with Crippen LogP contribution in [0.1, 0.15) is 50.0 Å². The molecule has 1 aromatic rings. The van der Waals surface area contributed by atoms with Crippen molar-refractivity contribution in [2.45, 2.75) is 57.8 Å². The van der Waals surface area contributed by atoms with Gasteiger partial charge in [-0.3, -0.25) is 4.79 Å². The zero-order chi connectivity index (χ0) is 17.3. The van der Waals surface area contributed by atoms with Crippen molar-refractivity contribution in [3.8, 4) is 0 Å². The quantitative estimate of drug-likeness (QED) is 0.907. The van der Waals surface area contributed by atoms with Gasteiger partial charge >= 0.3 is 0 Å². The van der Waals surface area contributed by atoms with Crippen LogP contribution in [0.5, 0.6) is 0 Å². The number of hydrogen-bond acceptors (Lipinski definition) is 3. The Balaban J connectivity index is 1.98. The van der Waals surface area contributed by atoms with Gasteiger partial charge in [-0.15, -0.1) is 0 Å². The molecule has 1 heterocycles. The lowest BCUT2D eigenvalue weighted by atomic mass is 9.94. The molecule has 1 amide bonds. The summed E-state index contributed by atoms with van der Waals surface area (Å²) in [6.07, 6.45) is 1.82. The summed E-state index contributed by atoms with van der Waals surface area (Å²) < 4.78 is 6.04. The molecule has 1 aliphatic rings. The largest absolute Gasteiger partial charge is 0.367 e. The maximum absolute atomic E-state index is 12.5. The summed E-state index contributed by atoms with van der Waals surface area (Å²) in [6, 6.07) is 7.93. The number of nitrogens with zero attached hydrogens (tertiary/aromatic N) is 1. The van der Waals surface area contributed by atoms with E-state index in [0.717, 1.165) is 19.4 Å². The van der Waals surface area contributed by atoms with E-state index in [-0.39, 0.29) is 23.2 Å². The van der Waals surface area contributed by atoms with Crippen molar-refractivity contribution >= 4 is 5.91 Å². The van der Waals surface area contributed by atoms with Crippen molar-refractivity contribution in [3.05, 3.63) is 35.4 Å². The summed E-state index contributed by atoms with van der Waals surface area (Å²) >= 11 is 0. The standard InChI is InChI=1S/C19H30N2O2/c1-18(2)13-16(19(3,4)23-18)20-17(22)15-9-7-14(8-10-15)11-12-21(5)6/h7-10,16H,11-13H2,1-6H3,(H,20,22)/t16-/m0/s1. The molecule has 0 radical (unpaired) electrons. The second-order valence-electron chi connectivity index (χ2n) is 7.95. The molecule has 0 aliphatic carbocycles. The van der Waals surface area contributed by atoms with Crippen LogP contribution in [0.4, 0.5) is 0 Å². The van der Waals surface area contributed by atoms with E-state index < -0.39 is 0 Å². The van der Waals surface area contributed by atoms with Crippen molar-refractivity contribution in [1.82, 2.24) is 10.2 Å². The van der Waals surface area contributed by atoms with Crippen molar-refractivity contribution in [1.29, 1.82) is 0 Å². The Morgan fingerprint density at radius 1 is 1.22 bits per heavy atom. The number of carbonyl (C=O) groups is 1. The molecule has 1 atom stereocenters. The fourth-order valence-corrected chi connectivity index (χ4v) is 3.20. The molecule has 1 aliphatic heterocycles. The first-order valence-corrected chi connectivity index (χ1v) is 8.34. The Morgan fingerprint density at radius 2 is 1.83 bits per heavy atom. The number of likely N-dealkylation sites (N-methyl/N-ethyl adjacent to an activating group) is 1. The van der Waals surface area contributed by atoms with Gasteiger partial charge in [-0.25, -0.2) is 0 Å². The monoisotopic (exact) mass is 318 g/mol. The molecule has 4 nitrogen and oxygen atoms in total. The maximum atomic E-state index is 12.5. The van der Waals surface area contributed by atoms with Crippen LogP contribution in [0.25, 0.3) is 0 Å². The molecule has 1 aromatic carbocycles. The smallest absolute Gasteiger partial charge is 0.251 e. The molecule has 0 spiro atoms. The number of amides is 1. The lowest BCUT2D eigenvalue weighted by Crippen LogP contribution is -2.46. The minimum absolute atomic E-state index is 0.0245. The zero-order valence-corrected chi connectivity index (χ0v) is 15.3. The summed E-state index contributed by atoms with van der Waals surface area (Å²) in [7, 11) is 4.13. The minimum Gasteiger partial charge on any atom is -0.367 e. The SMILES string of the molecule is CN(C)CCc1ccc(C(=O)N[C@H]2CC(C)(C)OC2(C)C)cc1. The fourth-order valence-electron chi connectivity index (χ4n) is 3.20. The average molecular weight is 318 g/mol. The average Bonchev–Trinajstić information content (AvgIpc) is 2.64. The molecule has 1 saturated heterocycles. The van der Waals surface area contributed by atoms with Gasteiger partial charge in [-0.2, -0.15) is 0 Å². The van der Waals surface area contributed by atoms with Gasteiger partial charge < -0.3 is 15.0 Å². The molecule has 0 aromatic heterocycles. The van der Waals surface area contributed by atoms with Gasteiger partial charge in [-0.1, -0.05) is 12.1 Å². The molecule has 2 rings (SSSR count). The molecule has 1 fully saturated rings. The van der Waals surface area contributed by atoms with Crippen LogP contribution in [-0.4, -0.2) is 48.7 Å². The van der Waals surface area contributed by atoms with Crippen LogP contribution in [0.3, 0.4) is 0 Å². The first-order chi connectivity index (χ1) is 10.6. The summed E-state index contributed by atoms with van der Waals surface area (Å²) in [5.74, 6) is -0.0245. The van der Waals surface area contributed by atoms with Crippen molar-refractivity contribution in [2.75, 3.05) is 20.6 Å². The van der Waals surface area contributed by atoms with Crippen LogP contribution in [0.15, 0.2) is 24.3 Å². The Labute approximate surface area is 140 Å². The first-order valence-electron chi connectivity index (χ1n) is 8.34. The summed E-state index contributed by atoms with van der Waals surface area (Å²) in [6.45, 7) is 9.23. The second kappa shape index (κ2) is 6.62. The van der Waals surface area contributed by atoms with E-state index in [0.29, 0.717) is 5.56 Å². The van der Waals surface area contributed by atoms with Gasteiger partial charge in [-0.05, 0) is 72.3 Å². The Kier molecular flexibility index (Phi) is 5.17. The maximum Gasteiger partial charge on any atom is 0.251 e. The highest BCUT2D eigenvalue weighted by Crippen LogP contribution is 2.37. The van der Waals surface area contributed by atoms with Crippen LogP contribution < -0.4 is 5.32 Å². The van der Waals surface area contributed by atoms with E-state index in [1.807, 2.05) is 38.1 Å². The third kappa shape index (κ3) is 4.79. The number of benzene rings is 1. The van der Waals surface area contributed by atoms with Gasteiger partial charge in [0.25, 0.3) is 5.91 Å². The molecular formula is C19H30N2O2. The molecule has 0 unspecified atom stereocenters. The second-order valence-corrected chi connectivity index (χ2v) is 7.95. The van der Waals surface area contributed by atoms with Crippen LogP contribution in [0, 0.1) is 0 Å². The normalized spacial score (nSPS) is 22.3. The van der Waals surface area contributed by atoms with Crippen molar-refractivity contribution in [2.24, 2.45) is 0 Å². The minimum atomic E-state index is -0.342. The molecule has 23 heavy (non-hydrogen) atoms. The van der Waals surface area contributed by atoms with Gasteiger partial charge in [0.2, 0.25) is 0 Å². The topological polar surface area (TPSA) is 41.6 Å². The highest BCUT2D eigenvalue weighted by atomic mass is 16.5. The van der Waals surface area contributed by atoms with E-state index in [1.165, 1.54) is 5.56 Å². The molecule has 128 valence electrons. The Hall–Kier alpha value is -1.39. The van der Waals surface area contributed by atoms with E-state index in [2.05, 4.69) is 38.2 Å². The van der Waals surface area contributed by atoms with Gasteiger partial charge in [0, 0.05) is 12.1 Å². The predicted octanol–water partition coefficient (Wildman–Crippen LogP) is 2.87. The van der Waals surface area contributed by atoms with E-state index in [9.17, 15) is 4.79 Å². The van der Waals surface area contributed by atoms with E-state index in [4.69, 9.17) is 4.74 Å². The fraction of sp³-hybridized carbons (Fsp3) is 0.632. The lowest BCUT2D eigenvalue weighted by molar-refractivity contribution is -0.0693. The van der Waals surface area contributed by atoms with Gasteiger partial charge in [0.05, 0.1) is 17.2 Å². The summed E-state index contributed by atoms with van der Waals surface area (Å²) in [5, 5.41) is 3.14. The summed E-state index contributed by atoms with van der Waals surface area (Å²) in [5.41, 5.74) is 1.42. The molecule has 0 bridgehead atoms. The van der Waals surface area contributed by atoms with Crippen molar-refractivity contribution in [3.63, 3.8) is 0 Å². The first kappa shape index (κ1) is 18.0. The molecule has 4 heteroatoms. The lowest BCUT2D eigenvalue weighted by Gasteiger charge is -2.27. The summed E-state index contributed by atoms with van der Waals surface area (Å²) in [4.78, 5) is 14.7. The third-order valence-corrected chi connectivity index (χ3v) is 4.44. The van der Waals surface area contributed by atoms with Crippen LogP contribution in [0.2, 0.25) is 0 Å². The number of hydrogen-bond donors (Lipinski definition) is 1. The molecule has 0 saturated carbocycles. The molecular weight excluding hydrogens is 288 g/mol. The number of carbonyl (C=O) groups excluding carboxylic acids is 1. The van der Waals surface area contributed by atoms with E-state index >= 15 is 0 Å². The van der Waals surface area contributed by atoms with Gasteiger partial charge in [0.1, 0.15) is 0 Å². The number of ether oxygens (including phenoxy) is 1. The van der Waals surface area contributed by atoms with Crippen LogP contribution in [-0.2, 0) is 11.2 Å². The zero-order valence-electron chi connectivity index (χ0n) is 15.3.